The quantitative estimate of drug-likeness (QED) is 0.556. The van der Waals surface area contributed by atoms with Gasteiger partial charge < -0.3 is 20.5 Å². The van der Waals surface area contributed by atoms with E-state index < -0.39 is 29.0 Å². The van der Waals surface area contributed by atoms with E-state index in [1.54, 1.807) is 13.8 Å². The molecule has 0 radical (unpaired) electrons. The van der Waals surface area contributed by atoms with E-state index in [9.17, 15) is 19.5 Å². The van der Waals surface area contributed by atoms with Crippen LogP contribution >= 0.6 is 0 Å². The monoisotopic (exact) mass is 464 g/mol. The van der Waals surface area contributed by atoms with E-state index in [2.05, 4.69) is 34.9 Å². The van der Waals surface area contributed by atoms with E-state index >= 15 is 0 Å². The summed E-state index contributed by atoms with van der Waals surface area (Å²) in [5, 5.41) is 15.2. The third kappa shape index (κ3) is 4.93. The average molecular weight is 465 g/mol. The zero-order chi connectivity index (χ0) is 24.3. The van der Waals surface area contributed by atoms with Crippen LogP contribution in [0.25, 0.3) is 11.1 Å². The minimum absolute atomic E-state index is 0.0494. The number of amides is 2. The van der Waals surface area contributed by atoms with Gasteiger partial charge in [-0.1, -0.05) is 67.8 Å². The molecule has 2 amide bonds. The van der Waals surface area contributed by atoms with Crippen LogP contribution in [-0.4, -0.2) is 40.8 Å². The lowest BCUT2D eigenvalue weighted by Crippen LogP contribution is -2.57. The number of benzene rings is 2. The van der Waals surface area contributed by atoms with Gasteiger partial charge in [-0.15, -0.1) is 0 Å². The lowest BCUT2D eigenvalue weighted by Gasteiger charge is -2.35. The number of carbonyl (C=O) groups is 3. The molecule has 34 heavy (non-hydrogen) atoms. The number of rotatable bonds is 7. The summed E-state index contributed by atoms with van der Waals surface area (Å²) >= 11 is 0. The number of fused-ring (bicyclic) bond motifs is 3. The molecule has 1 fully saturated rings. The van der Waals surface area contributed by atoms with Gasteiger partial charge in [0.05, 0.1) is 0 Å². The van der Waals surface area contributed by atoms with E-state index in [0.717, 1.165) is 41.5 Å². The Balaban J connectivity index is 1.35. The van der Waals surface area contributed by atoms with E-state index in [1.165, 1.54) is 0 Å². The minimum Gasteiger partial charge on any atom is -0.480 e. The SMILES string of the molecule is CC(C)(CC(=O)NC1(C(=O)O)CCCCC1)NC(=O)OCC1c2ccccc2-c2ccccc21. The van der Waals surface area contributed by atoms with Crippen LogP contribution in [-0.2, 0) is 14.3 Å². The number of carbonyl (C=O) groups excluding carboxylic acids is 2. The summed E-state index contributed by atoms with van der Waals surface area (Å²) < 4.78 is 5.59. The van der Waals surface area contributed by atoms with Crippen LogP contribution in [0.15, 0.2) is 48.5 Å². The van der Waals surface area contributed by atoms with Gasteiger partial charge in [-0.05, 0) is 48.9 Å². The summed E-state index contributed by atoms with van der Waals surface area (Å²) in [5.41, 5.74) is 2.44. The average Bonchev–Trinajstić information content (AvgIpc) is 3.11. The number of nitrogens with one attached hydrogen (secondary N) is 2. The number of aliphatic carboxylic acids is 1. The predicted octanol–water partition coefficient (Wildman–Crippen LogP) is 4.60. The Morgan fingerprint density at radius 3 is 2.09 bits per heavy atom. The van der Waals surface area contributed by atoms with Gasteiger partial charge in [0.25, 0.3) is 0 Å². The first kappa shape index (κ1) is 23.8. The molecule has 180 valence electrons. The highest BCUT2D eigenvalue weighted by Gasteiger charge is 2.41. The van der Waals surface area contributed by atoms with Gasteiger partial charge in [-0.3, -0.25) is 4.79 Å². The van der Waals surface area contributed by atoms with Crippen molar-refractivity contribution in [3.05, 3.63) is 59.7 Å². The Morgan fingerprint density at radius 1 is 0.971 bits per heavy atom. The van der Waals surface area contributed by atoms with Gasteiger partial charge in [0.15, 0.2) is 0 Å². The number of carboxylic acid groups (broad SMARTS) is 1. The van der Waals surface area contributed by atoms with Crippen LogP contribution in [0.3, 0.4) is 0 Å². The second kappa shape index (κ2) is 9.49. The first-order valence-electron chi connectivity index (χ1n) is 11.9. The zero-order valence-corrected chi connectivity index (χ0v) is 19.7. The number of ether oxygens (including phenoxy) is 1. The summed E-state index contributed by atoms with van der Waals surface area (Å²) in [6.45, 7) is 3.63. The molecule has 0 heterocycles. The molecule has 2 aliphatic carbocycles. The van der Waals surface area contributed by atoms with Crippen molar-refractivity contribution >= 4 is 18.0 Å². The molecular weight excluding hydrogens is 432 g/mol. The Bertz CT molecular complexity index is 1040. The van der Waals surface area contributed by atoms with Gasteiger partial charge in [0, 0.05) is 17.9 Å². The summed E-state index contributed by atoms with van der Waals surface area (Å²) in [6, 6.07) is 16.2. The van der Waals surface area contributed by atoms with Gasteiger partial charge >= 0.3 is 12.1 Å². The third-order valence-electron chi connectivity index (χ3n) is 6.88. The van der Waals surface area contributed by atoms with Crippen LogP contribution < -0.4 is 10.6 Å². The van der Waals surface area contributed by atoms with E-state index in [-0.39, 0.29) is 18.9 Å². The van der Waals surface area contributed by atoms with Crippen LogP contribution in [0.2, 0.25) is 0 Å². The number of alkyl carbamates (subject to hydrolysis) is 1. The topological polar surface area (TPSA) is 105 Å². The second-order valence-electron chi connectivity index (χ2n) is 10.0. The molecule has 0 atom stereocenters. The largest absolute Gasteiger partial charge is 0.480 e. The fourth-order valence-electron chi connectivity index (χ4n) is 5.22. The number of hydrogen-bond acceptors (Lipinski definition) is 4. The molecule has 7 heteroatoms. The molecule has 0 saturated heterocycles. The lowest BCUT2D eigenvalue weighted by atomic mass is 9.81. The molecular formula is C27H32N2O5. The van der Waals surface area contributed by atoms with Gasteiger partial charge in [0.2, 0.25) is 5.91 Å². The van der Waals surface area contributed by atoms with Crippen molar-refractivity contribution in [1.29, 1.82) is 0 Å². The normalized spacial score (nSPS) is 16.8. The molecule has 7 nitrogen and oxygen atoms in total. The molecule has 3 N–H and O–H groups in total. The fraction of sp³-hybridized carbons (Fsp3) is 0.444. The Morgan fingerprint density at radius 2 is 1.53 bits per heavy atom. The lowest BCUT2D eigenvalue weighted by molar-refractivity contribution is -0.149. The van der Waals surface area contributed by atoms with E-state index in [0.29, 0.717) is 12.8 Å². The van der Waals surface area contributed by atoms with Crippen molar-refractivity contribution in [3.8, 4) is 11.1 Å². The van der Waals surface area contributed by atoms with Crippen molar-refractivity contribution in [3.63, 3.8) is 0 Å². The fourth-order valence-corrected chi connectivity index (χ4v) is 5.22. The highest BCUT2D eigenvalue weighted by atomic mass is 16.5. The van der Waals surface area contributed by atoms with E-state index in [4.69, 9.17) is 4.74 Å². The highest BCUT2D eigenvalue weighted by Crippen LogP contribution is 2.44. The summed E-state index contributed by atoms with van der Waals surface area (Å²) in [5.74, 6) is -1.44. The molecule has 2 aromatic carbocycles. The molecule has 4 rings (SSSR count). The molecule has 0 aromatic heterocycles. The van der Waals surface area contributed by atoms with Crippen molar-refractivity contribution in [2.45, 2.75) is 69.4 Å². The standard InChI is InChI=1S/C27H32N2O5/c1-26(2,16-23(30)28-27(24(31)32)14-8-3-9-15-27)29-25(33)34-17-22-20-12-6-4-10-18(20)19-11-5-7-13-21(19)22/h4-7,10-13,22H,3,8-9,14-17H2,1-2H3,(H,28,30)(H,29,33)(H,31,32). The Kier molecular flexibility index (Phi) is 6.64. The second-order valence-corrected chi connectivity index (χ2v) is 10.0. The number of hydrogen-bond donors (Lipinski definition) is 3. The Hall–Kier alpha value is -3.35. The minimum atomic E-state index is -1.21. The molecule has 2 aromatic rings. The molecule has 2 aliphatic rings. The van der Waals surface area contributed by atoms with Crippen LogP contribution in [0.5, 0.6) is 0 Å². The molecule has 1 saturated carbocycles. The maximum atomic E-state index is 12.7. The van der Waals surface area contributed by atoms with Gasteiger partial charge in [-0.25, -0.2) is 9.59 Å². The van der Waals surface area contributed by atoms with Gasteiger partial charge in [0.1, 0.15) is 12.1 Å². The maximum Gasteiger partial charge on any atom is 0.407 e. The van der Waals surface area contributed by atoms with Crippen molar-refractivity contribution < 1.29 is 24.2 Å². The van der Waals surface area contributed by atoms with Crippen molar-refractivity contribution in [2.24, 2.45) is 0 Å². The van der Waals surface area contributed by atoms with Crippen molar-refractivity contribution in [2.75, 3.05) is 6.61 Å². The third-order valence-corrected chi connectivity index (χ3v) is 6.88. The summed E-state index contributed by atoms with van der Waals surface area (Å²) in [6.07, 6.45) is 2.71. The van der Waals surface area contributed by atoms with E-state index in [1.807, 2.05) is 24.3 Å². The number of carboxylic acids is 1. The van der Waals surface area contributed by atoms with Crippen LogP contribution in [0.1, 0.15) is 69.4 Å². The Labute approximate surface area is 199 Å². The van der Waals surface area contributed by atoms with Crippen LogP contribution in [0.4, 0.5) is 4.79 Å². The van der Waals surface area contributed by atoms with Crippen molar-refractivity contribution in [1.82, 2.24) is 10.6 Å². The van der Waals surface area contributed by atoms with Crippen LogP contribution in [0, 0.1) is 0 Å². The summed E-state index contributed by atoms with van der Waals surface area (Å²) in [7, 11) is 0. The maximum absolute atomic E-state index is 12.7. The molecule has 0 unspecified atom stereocenters. The molecule has 0 aliphatic heterocycles. The molecule has 0 bridgehead atoms. The predicted molar refractivity (Wildman–Crippen MR) is 128 cm³/mol. The first-order valence-corrected chi connectivity index (χ1v) is 11.9. The highest BCUT2D eigenvalue weighted by molar-refractivity contribution is 5.88. The van der Waals surface area contributed by atoms with Gasteiger partial charge in [-0.2, -0.15) is 0 Å². The summed E-state index contributed by atoms with van der Waals surface area (Å²) in [4.78, 5) is 37.2. The molecule has 0 spiro atoms. The first-order chi connectivity index (χ1) is 16.2. The zero-order valence-electron chi connectivity index (χ0n) is 19.7. The smallest absolute Gasteiger partial charge is 0.407 e.